The Hall–Kier alpha value is -2.14. The van der Waals surface area contributed by atoms with Gasteiger partial charge in [0.25, 0.3) is 0 Å². The van der Waals surface area contributed by atoms with E-state index in [0.717, 1.165) is 57.0 Å². The lowest BCUT2D eigenvalue weighted by atomic mass is 9.99. The Bertz CT molecular complexity index is 691. The summed E-state index contributed by atoms with van der Waals surface area (Å²) in [5.74, 6) is 1.74. The lowest BCUT2D eigenvalue weighted by molar-refractivity contribution is -0.121. The molecule has 1 fully saturated rings. The summed E-state index contributed by atoms with van der Waals surface area (Å²) in [4.78, 5) is 16.7. The summed E-state index contributed by atoms with van der Waals surface area (Å²) < 4.78 is 7.71. The highest BCUT2D eigenvalue weighted by Crippen LogP contribution is 2.26. The molecule has 1 aliphatic heterocycles. The molecule has 1 saturated heterocycles. The Labute approximate surface area is 155 Å². The van der Waals surface area contributed by atoms with Gasteiger partial charge in [0.05, 0.1) is 0 Å². The summed E-state index contributed by atoms with van der Waals surface area (Å²) in [5, 5.41) is 3.05. The van der Waals surface area contributed by atoms with Crippen molar-refractivity contribution in [1.29, 1.82) is 0 Å². The van der Waals surface area contributed by atoms with Gasteiger partial charge in [-0.05, 0) is 38.2 Å². The standard InChI is InChI=1S/C21H29N3O2/c1-17-16-23-21(19-10-14-26-15-11-19)24(17)13-12-22-20(25)9-5-8-18-6-3-2-4-7-18/h2-4,6-7,16,19H,5,8-15H2,1H3,(H,22,25). The van der Waals surface area contributed by atoms with Crippen LogP contribution in [0, 0.1) is 6.92 Å². The first kappa shape index (κ1) is 18.6. The van der Waals surface area contributed by atoms with E-state index in [2.05, 4.69) is 33.9 Å². The Kier molecular flexibility index (Phi) is 6.83. The van der Waals surface area contributed by atoms with Crippen LogP contribution in [0.3, 0.4) is 0 Å². The van der Waals surface area contributed by atoms with Gasteiger partial charge in [0.2, 0.25) is 5.91 Å². The predicted molar refractivity (Wildman–Crippen MR) is 102 cm³/mol. The molecular weight excluding hydrogens is 326 g/mol. The second kappa shape index (κ2) is 9.53. The maximum atomic E-state index is 12.1. The second-order valence-electron chi connectivity index (χ2n) is 6.99. The van der Waals surface area contributed by atoms with Gasteiger partial charge in [-0.1, -0.05) is 30.3 Å². The Morgan fingerprint density at radius 1 is 1.27 bits per heavy atom. The van der Waals surface area contributed by atoms with Crippen molar-refractivity contribution in [3.63, 3.8) is 0 Å². The molecule has 2 heterocycles. The molecule has 1 aromatic carbocycles. The number of carbonyl (C=O) groups is 1. The van der Waals surface area contributed by atoms with Crippen LogP contribution in [0.5, 0.6) is 0 Å². The molecule has 2 aromatic rings. The molecule has 0 saturated carbocycles. The van der Waals surface area contributed by atoms with Crippen LogP contribution >= 0.6 is 0 Å². The van der Waals surface area contributed by atoms with Crippen LogP contribution in [-0.2, 0) is 22.5 Å². The fraction of sp³-hybridized carbons (Fsp3) is 0.524. The lowest BCUT2D eigenvalue weighted by Crippen LogP contribution is -2.28. The fourth-order valence-electron chi connectivity index (χ4n) is 3.55. The number of aryl methyl sites for hydroxylation is 2. The number of amides is 1. The molecule has 0 bridgehead atoms. The van der Waals surface area contributed by atoms with Crippen molar-refractivity contribution in [3.05, 3.63) is 53.6 Å². The van der Waals surface area contributed by atoms with Gasteiger partial charge in [0, 0.05) is 50.5 Å². The van der Waals surface area contributed by atoms with Gasteiger partial charge in [0.1, 0.15) is 5.82 Å². The minimum atomic E-state index is 0.131. The third-order valence-corrected chi connectivity index (χ3v) is 5.04. The number of imidazole rings is 1. The number of rotatable bonds is 8. The van der Waals surface area contributed by atoms with E-state index >= 15 is 0 Å². The molecular formula is C21H29N3O2. The van der Waals surface area contributed by atoms with Crippen LogP contribution < -0.4 is 5.32 Å². The number of aromatic nitrogens is 2. The predicted octanol–water partition coefficient (Wildman–Crippen LogP) is 3.22. The average molecular weight is 355 g/mol. The maximum absolute atomic E-state index is 12.1. The minimum absolute atomic E-state index is 0.131. The summed E-state index contributed by atoms with van der Waals surface area (Å²) in [6, 6.07) is 10.3. The van der Waals surface area contributed by atoms with Gasteiger partial charge < -0.3 is 14.6 Å². The molecule has 0 aliphatic carbocycles. The van der Waals surface area contributed by atoms with E-state index < -0.39 is 0 Å². The zero-order chi connectivity index (χ0) is 18.2. The van der Waals surface area contributed by atoms with E-state index in [1.165, 1.54) is 5.56 Å². The molecule has 1 aromatic heterocycles. The largest absolute Gasteiger partial charge is 0.381 e. The molecule has 1 aliphatic rings. The first-order chi connectivity index (χ1) is 12.7. The molecule has 0 unspecified atom stereocenters. The molecule has 5 nitrogen and oxygen atoms in total. The smallest absolute Gasteiger partial charge is 0.220 e. The van der Waals surface area contributed by atoms with Gasteiger partial charge in [-0.25, -0.2) is 4.98 Å². The first-order valence-electron chi connectivity index (χ1n) is 9.64. The Morgan fingerprint density at radius 3 is 2.81 bits per heavy atom. The summed E-state index contributed by atoms with van der Waals surface area (Å²) in [5.41, 5.74) is 2.44. The zero-order valence-corrected chi connectivity index (χ0v) is 15.6. The maximum Gasteiger partial charge on any atom is 0.220 e. The molecule has 1 N–H and O–H groups in total. The van der Waals surface area contributed by atoms with Crippen molar-refractivity contribution < 1.29 is 9.53 Å². The average Bonchev–Trinajstić information content (AvgIpc) is 3.04. The van der Waals surface area contributed by atoms with Gasteiger partial charge >= 0.3 is 0 Å². The normalized spacial score (nSPS) is 15.1. The van der Waals surface area contributed by atoms with Crippen LogP contribution in [0.2, 0.25) is 0 Å². The first-order valence-corrected chi connectivity index (χ1v) is 9.64. The van der Waals surface area contributed by atoms with Gasteiger partial charge in [-0.2, -0.15) is 0 Å². The van der Waals surface area contributed by atoms with Crippen LogP contribution in [0.1, 0.15) is 48.7 Å². The van der Waals surface area contributed by atoms with Gasteiger partial charge in [-0.3, -0.25) is 4.79 Å². The zero-order valence-electron chi connectivity index (χ0n) is 15.6. The van der Waals surface area contributed by atoms with Crippen molar-refractivity contribution in [3.8, 4) is 0 Å². The van der Waals surface area contributed by atoms with Crippen molar-refractivity contribution in [2.24, 2.45) is 0 Å². The summed E-state index contributed by atoms with van der Waals surface area (Å²) in [6.07, 6.45) is 6.40. The monoisotopic (exact) mass is 355 g/mol. The van der Waals surface area contributed by atoms with E-state index in [4.69, 9.17) is 4.74 Å². The van der Waals surface area contributed by atoms with Crippen molar-refractivity contribution in [1.82, 2.24) is 14.9 Å². The number of hydrogen-bond acceptors (Lipinski definition) is 3. The summed E-state index contributed by atoms with van der Waals surface area (Å²) in [7, 11) is 0. The third-order valence-electron chi connectivity index (χ3n) is 5.04. The molecule has 26 heavy (non-hydrogen) atoms. The van der Waals surface area contributed by atoms with Crippen LogP contribution in [-0.4, -0.2) is 35.2 Å². The van der Waals surface area contributed by atoms with E-state index in [-0.39, 0.29) is 5.91 Å². The number of carbonyl (C=O) groups excluding carboxylic acids is 1. The van der Waals surface area contributed by atoms with Crippen molar-refractivity contribution >= 4 is 5.91 Å². The number of ether oxygens (including phenoxy) is 1. The van der Waals surface area contributed by atoms with E-state index in [1.807, 2.05) is 24.4 Å². The Balaban J connectivity index is 1.41. The van der Waals surface area contributed by atoms with Crippen molar-refractivity contribution in [2.75, 3.05) is 19.8 Å². The highest BCUT2D eigenvalue weighted by atomic mass is 16.5. The quantitative estimate of drug-likeness (QED) is 0.791. The number of benzene rings is 1. The highest BCUT2D eigenvalue weighted by Gasteiger charge is 2.21. The van der Waals surface area contributed by atoms with E-state index in [0.29, 0.717) is 18.9 Å². The third kappa shape index (κ3) is 5.18. The van der Waals surface area contributed by atoms with Crippen molar-refractivity contribution in [2.45, 2.75) is 51.5 Å². The molecule has 0 atom stereocenters. The molecule has 0 radical (unpaired) electrons. The van der Waals surface area contributed by atoms with Crippen LogP contribution in [0.15, 0.2) is 36.5 Å². The molecule has 3 rings (SSSR count). The molecule has 0 spiro atoms. The van der Waals surface area contributed by atoms with E-state index in [1.54, 1.807) is 0 Å². The van der Waals surface area contributed by atoms with Gasteiger partial charge in [0.15, 0.2) is 0 Å². The van der Waals surface area contributed by atoms with E-state index in [9.17, 15) is 4.79 Å². The summed E-state index contributed by atoms with van der Waals surface area (Å²) in [6.45, 7) is 5.14. The minimum Gasteiger partial charge on any atom is -0.381 e. The van der Waals surface area contributed by atoms with Crippen LogP contribution in [0.4, 0.5) is 0 Å². The second-order valence-corrected chi connectivity index (χ2v) is 6.99. The van der Waals surface area contributed by atoms with Crippen LogP contribution in [0.25, 0.3) is 0 Å². The molecule has 5 heteroatoms. The SMILES string of the molecule is Cc1cnc(C2CCOCC2)n1CCNC(=O)CCCc1ccccc1. The number of hydrogen-bond donors (Lipinski definition) is 1. The highest BCUT2D eigenvalue weighted by molar-refractivity contribution is 5.75. The lowest BCUT2D eigenvalue weighted by Gasteiger charge is -2.23. The number of nitrogens with zero attached hydrogens (tertiary/aromatic N) is 2. The molecule has 140 valence electrons. The Morgan fingerprint density at radius 2 is 2.04 bits per heavy atom. The fourth-order valence-corrected chi connectivity index (χ4v) is 3.55. The topological polar surface area (TPSA) is 56.1 Å². The van der Waals surface area contributed by atoms with Gasteiger partial charge in [-0.15, -0.1) is 0 Å². The molecule has 1 amide bonds. The summed E-state index contributed by atoms with van der Waals surface area (Å²) >= 11 is 0. The number of nitrogens with one attached hydrogen (secondary N) is 1.